The van der Waals surface area contributed by atoms with Crippen molar-refractivity contribution < 1.29 is 0 Å². The molecule has 0 bridgehead atoms. The van der Waals surface area contributed by atoms with Crippen LogP contribution in [0, 0.1) is 0 Å². The van der Waals surface area contributed by atoms with Crippen molar-refractivity contribution in [2.24, 2.45) is 0 Å². The molecule has 1 aromatic heterocycles. The lowest BCUT2D eigenvalue weighted by molar-refractivity contribution is 0.690. The molecule has 0 saturated heterocycles. The van der Waals surface area contributed by atoms with E-state index >= 15 is 0 Å². The van der Waals surface area contributed by atoms with E-state index < -0.39 is 0 Å². The van der Waals surface area contributed by atoms with Crippen molar-refractivity contribution in [1.82, 2.24) is 10.3 Å². The standard InChI is InChI=1S/C19H19Cl2N3S/c1-24(2)16-7-4-13(5-8-16)18-11-23-19(25-18)12-22-10-14-3-6-15(20)9-17(14)21/h3-9,11,22H,10,12H2,1-2H3. The number of benzene rings is 2. The second-order valence-electron chi connectivity index (χ2n) is 5.90. The first-order valence-corrected chi connectivity index (χ1v) is 9.47. The van der Waals surface area contributed by atoms with Gasteiger partial charge >= 0.3 is 0 Å². The predicted molar refractivity (Wildman–Crippen MR) is 109 cm³/mol. The van der Waals surface area contributed by atoms with E-state index in [4.69, 9.17) is 23.2 Å². The Balaban J connectivity index is 1.60. The van der Waals surface area contributed by atoms with Gasteiger partial charge < -0.3 is 10.2 Å². The zero-order valence-electron chi connectivity index (χ0n) is 14.1. The quantitative estimate of drug-likeness (QED) is 0.603. The van der Waals surface area contributed by atoms with Gasteiger partial charge in [0.15, 0.2) is 0 Å². The van der Waals surface area contributed by atoms with Gasteiger partial charge in [-0.2, -0.15) is 0 Å². The minimum Gasteiger partial charge on any atom is -0.378 e. The molecular formula is C19H19Cl2N3S. The lowest BCUT2D eigenvalue weighted by Gasteiger charge is -2.12. The Morgan fingerprint density at radius 1 is 1.04 bits per heavy atom. The third kappa shape index (κ3) is 4.73. The van der Waals surface area contributed by atoms with Gasteiger partial charge in [-0.05, 0) is 35.4 Å². The van der Waals surface area contributed by atoms with Crippen molar-refractivity contribution in [2.75, 3.05) is 19.0 Å². The van der Waals surface area contributed by atoms with E-state index in [1.165, 1.54) is 16.1 Å². The first kappa shape index (κ1) is 18.2. The Hall–Kier alpha value is -1.59. The summed E-state index contributed by atoms with van der Waals surface area (Å²) in [4.78, 5) is 7.77. The Kier molecular flexibility index (Phi) is 5.97. The summed E-state index contributed by atoms with van der Waals surface area (Å²) in [5, 5.41) is 5.77. The van der Waals surface area contributed by atoms with Crippen molar-refractivity contribution in [2.45, 2.75) is 13.1 Å². The molecule has 0 aliphatic rings. The number of aromatic nitrogens is 1. The zero-order valence-corrected chi connectivity index (χ0v) is 16.4. The summed E-state index contributed by atoms with van der Waals surface area (Å²) < 4.78 is 0. The molecule has 0 amide bonds. The van der Waals surface area contributed by atoms with E-state index in [2.05, 4.69) is 39.5 Å². The van der Waals surface area contributed by atoms with Crippen molar-refractivity contribution in [3.63, 3.8) is 0 Å². The van der Waals surface area contributed by atoms with Crippen molar-refractivity contribution in [3.8, 4) is 10.4 Å². The number of thiazole rings is 1. The van der Waals surface area contributed by atoms with Gasteiger partial charge in [0.05, 0.1) is 4.88 Å². The van der Waals surface area contributed by atoms with Crippen molar-refractivity contribution in [3.05, 3.63) is 69.3 Å². The number of nitrogens with one attached hydrogen (secondary N) is 1. The molecule has 3 rings (SSSR count). The van der Waals surface area contributed by atoms with Gasteiger partial charge in [0.2, 0.25) is 0 Å². The fourth-order valence-corrected chi connectivity index (χ4v) is 3.79. The molecule has 1 N–H and O–H groups in total. The number of hydrogen-bond acceptors (Lipinski definition) is 4. The highest BCUT2D eigenvalue weighted by Crippen LogP contribution is 2.28. The minimum absolute atomic E-state index is 0.651. The van der Waals surface area contributed by atoms with E-state index in [0.29, 0.717) is 23.1 Å². The summed E-state index contributed by atoms with van der Waals surface area (Å²) in [5.74, 6) is 0. The highest BCUT2D eigenvalue weighted by Gasteiger charge is 2.06. The van der Waals surface area contributed by atoms with E-state index in [9.17, 15) is 0 Å². The lowest BCUT2D eigenvalue weighted by Crippen LogP contribution is -2.12. The third-order valence-corrected chi connectivity index (χ3v) is 5.46. The van der Waals surface area contributed by atoms with Gasteiger partial charge in [0.25, 0.3) is 0 Å². The van der Waals surface area contributed by atoms with Crippen LogP contribution in [-0.4, -0.2) is 19.1 Å². The Morgan fingerprint density at radius 2 is 1.80 bits per heavy atom. The molecule has 0 atom stereocenters. The normalized spacial score (nSPS) is 10.9. The molecule has 0 aliphatic carbocycles. The average molecular weight is 392 g/mol. The molecule has 0 saturated carbocycles. The van der Waals surface area contributed by atoms with Gasteiger partial charge in [-0.25, -0.2) is 4.98 Å². The fourth-order valence-electron chi connectivity index (χ4n) is 2.42. The Morgan fingerprint density at radius 3 is 2.48 bits per heavy atom. The first-order valence-electron chi connectivity index (χ1n) is 7.90. The van der Waals surface area contributed by atoms with E-state index in [-0.39, 0.29) is 0 Å². The van der Waals surface area contributed by atoms with Crippen molar-refractivity contribution >= 4 is 40.2 Å². The van der Waals surface area contributed by atoms with Crippen LogP contribution >= 0.6 is 34.5 Å². The maximum Gasteiger partial charge on any atom is 0.107 e. The molecule has 6 heteroatoms. The maximum atomic E-state index is 6.19. The third-order valence-electron chi connectivity index (χ3n) is 3.83. The van der Waals surface area contributed by atoms with Crippen LogP contribution in [0.15, 0.2) is 48.7 Å². The van der Waals surface area contributed by atoms with Gasteiger partial charge in [-0.3, -0.25) is 0 Å². The van der Waals surface area contributed by atoms with Crippen LogP contribution in [0.1, 0.15) is 10.6 Å². The molecule has 0 spiro atoms. The summed E-state index contributed by atoms with van der Waals surface area (Å²) in [6, 6.07) is 14.1. The van der Waals surface area contributed by atoms with E-state index in [1.807, 2.05) is 32.4 Å². The summed E-state index contributed by atoms with van der Waals surface area (Å²) >= 11 is 13.8. The van der Waals surface area contributed by atoms with E-state index in [0.717, 1.165) is 10.6 Å². The topological polar surface area (TPSA) is 28.2 Å². The molecular weight excluding hydrogens is 373 g/mol. The summed E-state index contributed by atoms with van der Waals surface area (Å²) in [7, 11) is 4.08. The first-order chi connectivity index (χ1) is 12.0. The molecule has 0 aliphatic heterocycles. The van der Waals surface area contributed by atoms with Crippen LogP contribution in [0.25, 0.3) is 10.4 Å². The molecule has 130 valence electrons. The molecule has 3 aromatic rings. The molecule has 0 radical (unpaired) electrons. The number of rotatable bonds is 6. The van der Waals surface area contributed by atoms with Crippen LogP contribution in [-0.2, 0) is 13.1 Å². The van der Waals surface area contributed by atoms with Crippen LogP contribution in [0.4, 0.5) is 5.69 Å². The zero-order chi connectivity index (χ0) is 17.8. The second kappa shape index (κ2) is 8.19. The Labute approximate surface area is 162 Å². The molecule has 0 unspecified atom stereocenters. The molecule has 3 nitrogen and oxygen atoms in total. The second-order valence-corrected chi connectivity index (χ2v) is 7.86. The van der Waals surface area contributed by atoms with Gasteiger partial charge in [0.1, 0.15) is 5.01 Å². The minimum atomic E-state index is 0.651. The molecule has 1 heterocycles. The smallest absolute Gasteiger partial charge is 0.107 e. The van der Waals surface area contributed by atoms with Crippen LogP contribution in [0.3, 0.4) is 0 Å². The van der Waals surface area contributed by atoms with Crippen molar-refractivity contribution in [1.29, 1.82) is 0 Å². The maximum absolute atomic E-state index is 6.19. The number of halogens is 2. The predicted octanol–water partition coefficient (Wildman–Crippen LogP) is 5.47. The van der Waals surface area contributed by atoms with Crippen LogP contribution in [0.2, 0.25) is 10.0 Å². The molecule has 25 heavy (non-hydrogen) atoms. The fraction of sp³-hybridized carbons (Fsp3) is 0.211. The lowest BCUT2D eigenvalue weighted by atomic mass is 10.2. The van der Waals surface area contributed by atoms with Gasteiger partial charge in [-0.15, -0.1) is 11.3 Å². The highest BCUT2D eigenvalue weighted by atomic mass is 35.5. The molecule has 2 aromatic carbocycles. The van der Waals surface area contributed by atoms with Gasteiger partial charge in [-0.1, -0.05) is 41.4 Å². The largest absolute Gasteiger partial charge is 0.378 e. The average Bonchev–Trinajstić information content (AvgIpc) is 3.06. The van der Waals surface area contributed by atoms with E-state index in [1.54, 1.807) is 17.4 Å². The number of nitrogens with zero attached hydrogens (tertiary/aromatic N) is 2. The summed E-state index contributed by atoms with van der Waals surface area (Å²) in [5.41, 5.74) is 3.41. The molecule has 0 fully saturated rings. The monoisotopic (exact) mass is 391 g/mol. The van der Waals surface area contributed by atoms with Crippen LogP contribution in [0.5, 0.6) is 0 Å². The Bertz CT molecular complexity index is 844. The van der Waals surface area contributed by atoms with Crippen LogP contribution < -0.4 is 10.2 Å². The summed E-state index contributed by atoms with van der Waals surface area (Å²) in [6.45, 7) is 1.39. The number of anilines is 1. The SMILES string of the molecule is CN(C)c1ccc(-c2cnc(CNCc3ccc(Cl)cc3Cl)s2)cc1. The highest BCUT2D eigenvalue weighted by molar-refractivity contribution is 7.15. The number of hydrogen-bond donors (Lipinski definition) is 1. The van der Waals surface area contributed by atoms with Gasteiger partial charge in [0, 0.05) is 49.1 Å². The summed E-state index contributed by atoms with van der Waals surface area (Å²) in [6.07, 6.45) is 1.93.